The molecule has 10 heteroatoms. The van der Waals surface area contributed by atoms with Gasteiger partial charge in [-0.15, -0.1) is 0 Å². The molecule has 4 rings (SSSR count). The monoisotopic (exact) mass is 409 g/mol. The zero-order valence-electron chi connectivity index (χ0n) is 14.9. The maximum Gasteiger partial charge on any atom is 0.264 e. The van der Waals surface area contributed by atoms with Crippen LogP contribution in [0.3, 0.4) is 0 Å². The van der Waals surface area contributed by atoms with Gasteiger partial charge in [-0.3, -0.25) is 9.59 Å². The van der Waals surface area contributed by atoms with E-state index in [4.69, 9.17) is 0 Å². The molecule has 3 N–H and O–H groups in total. The van der Waals surface area contributed by atoms with E-state index in [1.54, 1.807) is 24.3 Å². The lowest BCUT2D eigenvalue weighted by Crippen LogP contribution is -2.15. The van der Waals surface area contributed by atoms with Gasteiger partial charge in [0.15, 0.2) is 0 Å². The van der Waals surface area contributed by atoms with Crippen molar-refractivity contribution in [1.82, 2.24) is 9.97 Å². The number of sulfonamides is 1. The molecule has 0 spiro atoms. The van der Waals surface area contributed by atoms with Crippen LogP contribution in [-0.4, -0.2) is 30.2 Å². The second-order valence-electron chi connectivity index (χ2n) is 6.25. The number of anilines is 3. The second kappa shape index (κ2) is 7.32. The number of rotatable bonds is 5. The number of nitrogens with zero attached hydrogens (tertiary/aromatic N) is 2. The number of benzene rings is 2. The Morgan fingerprint density at radius 1 is 1.03 bits per heavy atom. The molecule has 29 heavy (non-hydrogen) atoms. The minimum atomic E-state index is -3.85. The topological polar surface area (TPSA) is 130 Å². The molecule has 2 aromatic carbocycles. The highest BCUT2D eigenvalue weighted by atomic mass is 32.2. The van der Waals surface area contributed by atoms with Crippen LogP contribution in [0.2, 0.25) is 0 Å². The Bertz CT molecular complexity index is 1200. The average molecular weight is 409 g/mol. The van der Waals surface area contributed by atoms with Gasteiger partial charge >= 0.3 is 0 Å². The van der Waals surface area contributed by atoms with E-state index < -0.39 is 10.0 Å². The van der Waals surface area contributed by atoms with Crippen molar-refractivity contribution in [2.24, 2.45) is 0 Å². The summed E-state index contributed by atoms with van der Waals surface area (Å²) < 4.78 is 27.0. The molecule has 9 nitrogen and oxygen atoms in total. The molecule has 0 atom stereocenters. The summed E-state index contributed by atoms with van der Waals surface area (Å²) in [6, 6.07) is 12.2. The zero-order valence-corrected chi connectivity index (χ0v) is 15.7. The third-order valence-electron chi connectivity index (χ3n) is 4.21. The summed E-state index contributed by atoms with van der Waals surface area (Å²) in [5, 5.41) is 5.41. The number of aromatic nitrogens is 2. The first-order valence-electron chi connectivity index (χ1n) is 8.55. The van der Waals surface area contributed by atoms with E-state index in [1.807, 2.05) is 0 Å². The smallest absolute Gasteiger partial charge is 0.264 e. The van der Waals surface area contributed by atoms with Gasteiger partial charge in [-0.05, 0) is 54.1 Å². The molecule has 0 radical (unpaired) electrons. The van der Waals surface area contributed by atoms with Gasteiger partial charge in [0.05, 0.1) is 11.3 Å². The lowest BCUT2D eigenvalue weighted by atomic mass is 10.1. The summed E-state index contributed by atoms with van der Waals surface area (Å²) in [4.78, 5) is 31.5. The Kier molecular flexibility index (Phi) is 4.69. The first-order valence-corrected chi connectivity index (χ1v) is 10.0. The molecule has 1 aliphatic heterocycles. The summed E-state index contributed by atoms with van der Waals surface area (Å²) >= 11 is 0. The van der Waals surface area contributed by atoms with Gasteiger partial charge in [0.2, 0.25) is 11.9 Å². The molecule has 0 saturated carbocycles. The molecule has 0 unspecified atom stereocenters. The predicted molar refractivity (Wildman–Crippen MR) is 106 cm³/mol. The average Bonchev–Trinajstić information content (AvgIpc) is 3.08. The molecule has 0 fully saturated rings. The van der Waals surface area contributed by atoms with Crippen molar-refractivity contribution in [2.45, 2.75) is 11.3 Å². The van der Waals surface area contributed by atoms with E-state index >= 15 is 0 Å². The van der Waals surface area contributed by atoms with E-state index in [2.05, 4.69) is 25.3 Å². The maximum atomic E-state index is 12.5. The highest BCUT2D eigenvalue weighted by Gasteiger charge is 2.19. The summed E-state index contributed by atoms with van der Waals surface area (Å²) in [6.45, 7) is 0. The van der Waals surface area contributed by atoms with Crippen LogP contribution in [0.4, 0.5) is 17.3 Å². The first kappa shape index (κ1) is 18.6. The van der Waals surface area contributed by atoms with E-state index in [0.29, 0.717) is 16.9 Å². The van der Waals surface area contributed by atoms with Gasteiger partial charge in [0, 0.05) is 29.3 Å². The van der Waals surface area contributed by atoms with Crippen LogP contribution in [-0.2, 0) is 21.2 Å². The third-order valence-corrected chi connectivity index (χ3v) is 5.55. The van der Waals surface area contributed by atoms with Crippen molar-refractivity contribution in [2.75, 3.05) is 15.4 Å². The Hall–Kier alpha value is -3.79. The molecular formula is C19H15N5O4S. The Morgan fingerprint density at radius 3 is 2.48 bits per heavy atom. The van der Waals surface area contributed by atoms with Crippen LogP contribution >= 0.6 is 0 Å². The normalized spacial score (nSPS) is 12.8. The minimum absolute atomic E-state index is 0.00469. The van der Waals surface area contributed by atoms with Gasteiger partial charge in [-0.25, -0.2) is 23.1 Å². The lowest BCUT2D eigenvalue weighted by Gasteiger charge is -2.09. The molecule has 0 bridgehead atoms. The maximum absolute atomic E-state index is 12.5. The lowest BCUT2D eigenvalue weighted by molar-refractivity contribution is -0.115. The van der Waals surface area contributed by atoms with Gasteiger partial charge in [-0.1, -0.05) is 0 Å². The first-order chi connectivity index (χ1) is 13.9. The minimum Gasteiger partial charge on any atom is -0.326 e. The van der Waals surface area contributed by atoms with Crippen LogP contribution in [0.5, 0.6) is 0 Å². The van der Waals surface area contributed by atoms with Crippen molar-refractivity contribution >= 4 is 39.2 Å². The van der Waals surface area contributed by atoms with Crippen LogP contribution in [0.1, 0.15) is 15.9 Å². The van der Waals surface area contributed by atoms with Crippen molar-refractivity contribution < 1.29 is 18.0 Å². The summed E-state index contributed by atoms with van der Waals surface area (Å²) in [5.41, 5.74) is 2.30. The molecular weight excluding hydrogens is 394 g/mol. The molecule has 146 valence electrons. The number of carbonyl (C=O) groups is 2. The van der Waals surface area contributed by atoms with Gasteiger partial charge < -0.3 is 10.6 Å². The van der Waals surface area contributed by atoms with Gasteiger partial charge in [0.1, 0.15) is 0 Å². The summed E-state index contributed by atoms with van der Waals surface area (Å²) in [5.74, 6) is -0.503. The van der Waals surface area contributed by atoms with Gasteiger partial charge in [-0.2, -0.15) is 0 Å². The number of carbonyl (C=O) groups excluding carboxylic acids is 2. The molecule has 2 heterocycles. The predicted octanol–water partition coefficient (Wildman–Crippen LogP) is 2.02. The molecule has 3 aromatic rings. The van der Waals surface area contributed by atoms with Crippen LogP contribution in [0.15, 0.2) is 65.8 Å². The number of hydrogen-bond donors (Lipinski definition) is 3. The van der Waals surface area contributed by atoms with Crippen molar-refractivity contribution in [3.63, 3.8) is 0 Å². The fraction of sp³-hybridized carbons (Fsp3) is 0.0526. The molecule has 0 saturated heterocycles. The Balaban J connectivity index is 1.46. The number of nitrogens with one attached hydrogen (secondary N) is 3. The van der Waals surface area contributed by atoms with Crippen molar-refractivity contribution in [3.8, 4) is 0 Å². The highest BCUT2D eigenvalue weighted by Crippen LogP contribution is 2.24. The fourth-order valence-electron chi connectivity index (χ4n) is 2.82. The molecule has 2 amide bonds. The van der Waals surface area contributed by atoms with Crippen LogP contribution in [0, 0.1) is 0 Å². The number of hydrogen-bond acceptors (Lipinski definition) is 6. The molecule has 1 aliphatic rings. The quantitative estimate of drug-likeness (QED) is 0.591. The Morgan fingerprint density at radius 2 is 1.76 bits per heavy atom. The van der Waals surface area contributed by atoms with Crippen LogP contribution < -0.4 is 15.4 Å². The molecule has 1 aromatic heterocycles. The third kappa shape index (κ3) is 4.06. The SMILES string of the molecule is O=C1Cc2cc(C(=O)Nc3ccc(S(=O)(=O)Nc4ncccn4)cc3)ccc2N1. The standard InChI is InChI=1S/C19H15N5O4S/c25-17-11-13-10-12(2-7-16(13)23-17)18(26)22-14-3-5-15(6-4-14)29(27,28)24-19-20-8-1-9-21-19/h1-10H,11H2,(H,22,26)(H,23,25)(H,20,21,24). The Labute approximate surface area is 166 Å². The fourth-order valence-corrected chi connectivity index (χ4v) is 3.78. The summed E-state index contributed by atoms with van der Waals surface area (Å²) in [7, 11) is -3.85. The van der Waals surface area contributed by atoms with Crippen LogP contribution in [0.25, 0.3) is 0 Å². The number of fused-ring (bicyclic) bond motifs is 1. The highest BCUT2D eigenvalue weighted by molar-refractivity contribution is 7.92. The van der Waals surface area contributed by atoms with E-state index in [9.17, 15) is 18.0 Å². The van der Waals surface area contributed by atoms with Crippen molar-refractivity contribution in [3.05, 3.63) is 72.1 Å². The largest absolute Gasteiger partial charge is 0.326 e. The number of amides is 2. The zero-order chi connectivity index (χ0) is 20.4. The summed E-state index contributed by atoms with van der Waals surface area (Å²) in [6.07, 6.45) is 3.09. The second-order valence-corrected chi connectivity index (χ2v) is 7.94. The molecule has 0 aliphatic carbocycles. The van der Waals surface area contributed by atoms with Crippen molar-refractivity contribution in [1.29, 1.82) is 0 Å². The van der Waals surface area contributed by atoms with E-state index in [0.717, 1.165) is 5.56 Å². The van der Waals surface area contributed by atoms with E-state index in [1.165, 1.54) is 36.7 Å². The van der Waals surface area contributed by atoms with E-state index in [-0.39, 0.29) is 29.1 Å². The van der Waals surface area contributed by atoms with Gasteiger partial charge in [0.25, 0.3) is 15.9 Å².